The Hall–Kier alpha value is 0. The molecule has 0 saturated heterocycles. The third-order valence-corrected chi connectivity index (χ3v) is 0. The van der Waals surface area contributed by atoms with Gasteiger partial charge >= 0.3 is 0 Å². The molecule has 31 valence electrons. The minimum atomic E-state index is 0. The fraction of sp³-hybridized carbons (Fsp3) is 0.800. The molecule has 0 aromatic heterocycles. The second-order valence-corrected chi connectivity index (χ2v) is 1.73. The topological polar surface area (TPSA) is 0 Å². The van der Waals surface area contributed by atoms with Crippen LogP contribution in [0.4, 0.5) is 0 Å². The van der Waals surface area contributed by atoms with E-state index in [1.807, 2.05) is 0 Å². The van der Waals surface area contributed by atoms with E-state index in [1.54, 1.807) is 0 Å². The summed E-state index contributed by atoms with van der Waals surface area (Å²) >= 11 is 0. The van der Waals surface area contributed by atoms with Gasteiger partial charge in [0.15, 0.2) is 0 Å². The first-order valence-electron chi connectivity index (χ1n) is 1.73. The van der Waals surface area contributed by atoms with Gasteiger partial charge in [0.25, 0.3) is 0 Å². The molecule has 3 radical (unpaired) electrons. The summed E-state index contributed by atoms with van der Waals surface area (Å²) < 4.78 is 0. The molecule has 0 nitrogen and oxygen atoms in total. The van der Waals surface area contributed by atoms with E-state index in [2.05, 4.69) is 20.8 Å². The van der Waals surface area contributed by atoms with Crippen LogP contribution in [0.3, 0.4) is 0 Å². The van der Waals surface area contributed by atoms with E-state index < -0.39 is 0 Å². The van der Waals surface area contributed by atoms with Crippen molar-refractivity contribution in [2.45, 2.75) is 20.8 Å². The highest BCUT2D eigenvalue weighted by Gasteiger charge is 1.68. The highest BCUT2D eigenvalue weighted by atomic mass is 13.7. The summed E-state index contributed by atoms with van der Waals surface area (Å²) in [5.41, 5.74) is 0. The fourth-order valence-corrected chi connectivity index (χ4v) is 0. The normalized spacial score (nSPS) is 7.20. The van der Waals surface area contributed by atoms with Gasteiger partial charge in [-0.25, -0.2) is 0 Å². The molecule has 5 heavy (non-hydrogen) atoms. The average Bonchev–Trinajstić information content (AvgIpc) is 0.811. The lowest BCUT2D eigenvalue weighted by Crippen LogP contribution is -1.66. The Bertz CT molecular complexity index is 4.75. The van der Waals surface area contributed by atoms with E-state index in [0.717, 1.165) is 5.92 Å². The largest absolute Gasteiger partial charge is 0.0630 e. The summed E-state index contributed by atoms with van der Waals surface area (Å²) in [5.74, 6) is 0.833. The van der Waals surface area contributed by atoms with Gasteiger partial charge in [0.2, 0.25) is 0 Å². The fourth-order valence-electron chi connectivity index (χ4n) is 0. The molecule has 0 rings (SSSR count). The van der Waals surface area contributed by atoms with Crippen LogP contribution in [-0.2, 0) is 0 Å². The zero-order valence-corrected chi connectivity index (χ0v) is 4.15. The second-order valence-electron chi connectivity index (χ2n) is 1.73. The predicted octanol–water partition coefficient (Wildman–Crippen LogP) is 1.87. The first-order chi connectivity index (χ1) is 1.73. The molecule has 0 aliphatic carbocycles. The average molecular weight is 71.1 g/mol. The Morgan fingerprint density at radius 2 is 1.00 bits per heavy atom. The van der Waals surface area contributed by atoms with Crippen LogP contribution in [0.5, 0.6) is 0 Å². The van der Waals surface area contributed by atoms with E-state index in [-0.39, 0.29) is 7.43 Å². The van der Waals surface area contributed by atoms with Gasteiger partial charge in [-0.05, 0) is 13.3 Å². The smallest absolute Gasteiger partial charge is 0.0312 e. The molecule has 0 aliphatic heterocycles. The molecule has 0 aliphatic rings. The molecule has 0 bridgehead atoms. The van der Waals surface area contributed by atoms with Crippen molar-refractivity contribution in [2.24, 2.45) is 5.92 Å². The highest BCUT2D eigenvalue weighted by Crippen LogP contribution is 1.81. The van der Waals surface area contributed by atoms with Crippen molar-refractivity contribution >= 4 is 0 Å². The monoisotopic (exact) mass is 71.1 g/mol. The van der Waals surface area contributed by atoms with Crippen LogP contribution in [0.15, 0.2) is 0 Å². The Kier molecular flexibility index (Phi) is 7.11. The molecule has 0 heterocycles. The summed E-state index contributed by atoms with van der Waals surface area (Å²) in [5, 5.41) is 0. The van der Waals surface area contributed by atoms with Crippen LogP contribution >= 0.6 is 0 Å². The zero-order chi connectivity index (χ0) is 3.58. The van der Waals surface area contributed by atoms with Gasteiger partial charge in [0.1, 0.15) is 0 Å². The van der Waals surface area contributed by atoms with Gasteiger partial charge in [-0.2, -0.15) is 0 Å². The summed E-state index contributed by atoms with van der Waals surface area (Å²) in [6.07, 6.45) is 0. The van der Waals surface area contributed by atoms with E-state index in [4.69, 9.17) is 0 Å². The highest BCUT2D eigenvalue weighted by molar-refractivity contribution is 4.20. The Morgan fingerprint density at radius 1 is 1.00 bits per heavy atom. The van der Waals surface area contributed by atoms with Crippen LogP contribution in [0.2, 0.25) is 0 Å². The van der Waals surface area contributed by atoms with E-state index in [9.17, 15) is 0 Å². The molecule has 0 atom stereocenters. The molecule has 0 heteroatoms. The zero-order valence-electron chi connectivity index (χ0n) is 4.15. The third-order valence-electron chi connectivity index (χ3n) is 0. The second kappa shape index (κ2) is 4.00. The van der Waals surface area contributed by atoms with Crippen molar-refractivity contribution in [1.29, 1.82) is 0 Å². The van der Waals surface area contributed by atoms with Crippen molar-refractivity contribution in [3.63, 3.8) is 0 Å². The molecule has 0 aromatic carbocycles. The van der Waals surface area contributed by atoms with Gasteiger partial charge in [-0.3, -0.25) is 0 Å². The lowest BCUT2D eigenvalue weighted by Gasteiger charge is -1.79. The molecule has 0 N–H and O–H groups in total. The van der Waals surface area contributed by atoms with Gasteiger partial charge in [0, 0.05) is 0 Å². The summed E-state index contributed by atoms with van der Waals surface area (Å²) in [6, 6.07) is 0. The molecule has 0 saturated carbocycles. The van der Waals surface area contributed by atoms with Crippen LogP contribution in [-0.4, -0.2) is 0 Å². The summed E-state index contributed by atoms with van der Waals surface area (Å²) in [4.78, 5) is 0. The molecule has 0 fully saturated rings. The molecule has 0 aromatic rings. The lowest BCUT2D eigenvalue weighted by atomic mass is 10.3. The minimum absolute atomic E-state index is 0. The van der Waals surface area contributed by atoms with Crippen molar-refractivity contribution in [2.75, 3.05) is 0 Å². The summed E-state index contributed by atoms with van der Waals surface area (Å²) in [6.45, 7) is 6.50. The molecular weight excluding hydrogens is 60.1 g/mol. The third kappa shape index (κ3) is 0. The summed E-state index contributed by atoms with van der Waals surface area (Å²) in [7, 11) is 0. The Morgan fingerprint density at radius 3 is 1.00 bits per heavy atom. The maximum Gasteiger partial charge on any atom is -0.0312 e. The van der Waals surface area contributed by atoms with Gasteiger partial charge < -0.3 is 0 Å². The van der Waals surface area contributed by atoms with Gasteiger partial charge in [0.05, 0.1) is 0 Å². The van der Waals surface area contributed by atoms with Crippen molar-refractivity contribution in [1.82, 2.24) is 0 Å². The Balaban J connectivity index is 0. The van der Waals surface area contributed by atoms with Crippen molar-refractivity contribution in [3.05, 3.63) is 7.43 Å². The quantitative estimate of drug-likeness (QED) is 0.409. The number of hydrogen-bond donors (Lipinski definition) is 0. The van der Waals surface area contributed by atoms with E-state index in [0.29, 0.717) is 0 Å². The maximum atomic E-state index is 2.17. The van der Waals surface area contributed by atoms with E-state index in [1.165, 1.54) is 0 Å². The standard InChI is InChI=1S/C4H10.CH/c1-4(2)3;/h4H,1-3H3;1H. The van der Waals surface area contributed by atoms with Crippen LogP contribution in [0.25, 0.3) is 0 Å². The van der Waals surface area contributed by atoms with Gasteiger partial charge in [-0.1, -0.05) is 20.8 Å². The molecular formula is C5H11. The molecule has 0 amide bonds. The van der Waals surface area contributed by atoms with Crippen molar-refractivity contribution in [3.8, 4) is 0 Å². The minimum Gasteiger partial charge on any atom is -0.0630 e. The Labute approximate surface area is 35.2 Å². The maximum absolute atomic E-state index is 2.17. The number of hydrogen-bond acceptors (Lipinski definition) is 0. The first kappa shape index (κ1) is 8.89. The SMILES string of the molecule is CC(C)C.[CH]. The van der Waals surface area contributed by atoms with E-state index >= 15 is 0 Å². The first-order valence-corrected chi connectivity index (χ1v) is 1.73. The molecule has 0 spiro atoms. The van der Waals surface area contributed by atoms with Crippen molar-refractivity contribution < 1.29 is 0 Å². The lowest BCUT2D eigenvalue weighted by molar-refractivity contribution is 0.737. The van der Waals surface area contributed by atoms with Crippen LogP contribution < -0.4 is 0 Å². The van der Waals surface area contributed by atoms with Crippen LogP contribution in [0, 0.1) is 13.3 Å². The molecule has 0 unspecified atom stereocenters. The van der Waals surface area contributed by atoms with Crippen LogP contribution in [0.1, 0.15) is 20.8 Å². The van der Waals surface area contributed by atoms with Gasteiger partial charge in [-0.15, -0.1) is 0 Å². The number of rotatable bonds is 0. The predicted molar refractivity (Wildman–Crippen MR) is 24.8 cm³/mol.